The molecule has 11 heavy (non-hydrogen) atoms. The van der Waals surface area contributed by atoms with Crippen LogP contribution in [0.4, 0.5) is 0 Å². The molecule has 1 radical (unpaired) electrons. The molecule has 1 rings (SSSR count). The van der Waals surface area contributed by atoms with Crippen molar-refractivity contribution in [1.82, 2.24) is 4.90 Å². The van der Waals surface area contributed by atoms with E-state index in [1.165, 1.54) is 18.0 Å². The van der Waals surface area contributed by atoms with Crippen molar-refractivity contribution in [2.75, 3.05) is 37.7 Å². The lowest BCUT2D eigenvalue weighted by molar-refractivity contribution is 0.206. The fourth-order valence-electron chi connectivity index (χ4n) is 1.04. The first-order valence-electron chi connectivity index (χ1n) is 3.72. The molecule has 3 nitrogen and oxygen atoms in total. The minimum absolute atomic E-state index is 0.480. The molecule has 4 heteroatoms. The average Bonchev–Trinajstić information content (AvgIpc) is 2.07. The minimum Gasteiger partial charge on any atom is -0.456 e. The molecule has 0 amide bonds. The van der Waals surface area contributed by atoms with Gasteiger partial charge in [0.25, 0.3) is 0 Å². The molecule has 0 saturated carbocycles. The van der Waals surface area contributed by atoms with Crippen LogP contribution in [0.1, 0.15) is 0 Å². The van der Waals surface area contributed by atoms with E-state index in [1.807, 2.05) is 11.8 Å². The minimum atomic E-state index is 0.480. The summed E-state index contributed by atoms with van der Waals surface area (Å²) in [5, 5.41) is 0. The van der Waals surface area contributed by atoms with Gasteiger partial charge in [-0.3, -0.25) is 4.90 Å². The highest BCUT2D eigenvalue weighted by Crippen LogP contribution is 2.07. The lowest BCUT2D eigenvalue weighted by Crippen LogP contribution is -2.35. The second kappa shape index (κ2) is 5.43. The molecule has 1 aliphatic heterocycles. The highest BCUT2D eigenvalue weighted by Gasteiger charge is 2.08. The Morgan fingerprint density at radius 1 is 1.45 bits per heavy atom. The van der Waals surface area contributed by atoms with Crippen LogP contribution in [0.3, 0.4) is 0 Å². The number of rotatable bonds is 4. The highest BCUT2D eigenvalue weighted by atomic mass is 32.2. The van der Waals surface area contributed by atoms with Gasteiger partial charge >= 0.3 is 6.47 Å². The van der Waals surface area contributed by atoms with Crippen LogP contribution < -0.4 is 0 Å². The fourth-order valence-corrected chi connectivity index (χ4v) is 2.02. The molecule has 1 fully saturated rings. The second-order valence-corrected chi connectivity index (χ2v) is 3.61. The Balaban J connectivity index is 2.00. The Morgan fingerprint density at radius 2 is 2.18 bits per heavy atom. The molecule has 0 unspecified atom stereocenters. The third-order valence-corrected chi connectivity index (χ3v) is 2.61. The molecule has 0 aromatic heterocycles. The predicted octanol–water partition coefficient (Wildman–Crippen LogP) is 0.119. The van der Waals surface area contributed by atoms with E-state index in [0.29, 0.717) is 6.61 Å². The molecular formula is C7H12NO2S. The standard InChI is InChI=1S/C7H12NO2S/c9-7-10-4-1-8-2-5-11-6-3-8/h1-6H2. The first kappa shape index (κ1) is 8.87. The van der Waals surface area contributed by atoms with Gasteiger partial charge in [0.1, 0.15) is 6.61 Å². The van der Waals surface area contributed by atoms with E-state index in [9.17, 15) is 4.79 Å². The fraction of sp³-hybridized carbons (Fsp3) is 0.857. The van der Waals surface area contributed by atoms with Crippen molar-refractivity contribution in [3.63, 3.8) is 0 Å². The van der Waals surface area contributed by atoms with E-state index in [-0.39, 0.29) is 0 Å². The van der Waals surface area contributed by atoms with E-state index in [0.717, 1.165) is 19.6 Å². The van der Waals surface area contributed by atoms with Gasteiger partial charge in [0, 0.05) is 31.1 Å². The zero-order chi connectivity index (χ0) is 7.94. The molecule has 0 spiro atoms. The number of carbonyl (C=O) groups excluding carboxylic acids is 1. The van der Waals surface area contributed by atoms with Crippen molar-refractivity contribution >= 4 is 18.2 Å². The molecule has 0 aromatic rings. The Bertz CT molecular complexity index is 115. The zero-order valence-corrected chi connectivity index (χ0v) is 7.23. The molecule has 0 bridgehead atoms. The predicted molar refractivity (Wildman–Crippen MR) is 45.4 cm³/mol. The molecule has 1 heterocycles. The normalized spacial score (nSPS) is 19.6. The van der Waals surface area contributed by atoms with Crippen molar-refractivity contribution in [2.45, 2.75) is 0 Å². The average molecular weight is 174 g/mol. The number of thioether (sulfide) groups is 1. The van der Waals surface area contributed by atoms with Crippen LogP contribution >= 0.6 is 11.8 Å². The zero-order valence-electron chi connectivity index (χ0n) is 6.41. The number of ether oxygens (including phenoxy) is 1. The monoisotopic (exact) mass is 174 g/mol. The van der Waals surface area contributed by atoms with Crippen molar-refractivity contribution in [3.05, 3.63) is 0 Å². The molecule has 1 aliphatic rings. The van der Waals surface area contributed by atoms with Crippen molar-refractivity contribution in [3.8, 4) is 0 Å². The SMILES string of the molecule is O=[C]OCCN1CCSCC1. The van der Waals surface area contributed by atoms with Crippen LogP contribution in [0.15, 0.2) is 0 Å². The molecule has 0 aromatic carbocycles. The quantitative estimate of drug-likeness (QED) is 0.566. The van der Waals surface area contributed by atoms with Crippen LogP contribution in [-0.2, 0) is 9.53 Å². The molecule has 63 valence electrons. The van der Waals surface area contributed by atoms with Crippen molar-refractivity contribution in [2.24, 2.45) is 0 Å². The summed E-state index contributed by atoms with van der Waals surface area (Å²) in [7, 11) is 0. The molecule has 0 aliphatic carbocycles. The van der Waals surface area contributed by atoms with Gasteiger partial charge < -0.3 is 4.74 Å². The summed E-state index contributed by atoms with van der Waals surface area (Å²) in [4.78, 5) is 12.0. The lowest BCUT2D eigenvalue weighted by atomic mass is 10.5. The van der Waals surface area contributed by atoms with Crippen LogP contribution in [0.5, 0.6) is 0 Å². The van der Waals surface area contributed by atoms with Crippen LogP contribution in [0, 0.1) is 0 Å². The molecular weight excluding hydrogens is 162 g/mol. The van der Waals surface area contributed by atoms with Gasteiger partial charge in [-0.1, -0.05) is 0 Å². The summed E-state index contributed by atoms with van der Waals surface area (Å²) in [6.45, 7) is 5.00. The molecule has 0 atom stereocenters. The Kier molecular flexibility index (Phi) is 4.38. The summed E-state index contributed by atoms with van der Waals surface area (Å²) in [6.07, 6.45) is 0. The van der Waals surface area contributed by atoms with Gasteiger partial charge in [-0.05, 0) is 0 Å². The maximum Gasteiger partial charge on any atom is 0.417 e. The van der Waals surface area contributed by atoms with E-state index >= 15 is 0 Å². The Labute approximate surface area is 71.1 Å². The Morgan fingerprint density at radius 3 is 2.82 bits per heavy atom. The molecule has 1 saturated heterocycles. The van der Waals surface area contributed by atoms with E-state index in [1.54, 1.807) is 0 Å². The number of nitrogens with zero attached hydrogens (tertiary/aromatic N) is 1. The lowest BCUT2D eigenvalue weighted by Gasteiger charge is -2.25. The van der Waals surface area contributed by atoms with Gasteiger partial charge in [0.2, 0.25) is 0 Å². The smallest absolute Gasteiger partial charge is 0.417 e. The third-order valence-electron chi connectivity index (χ3n) is 1.67. The Hall–Kier alpha value is -0.220. The summed E-state index contributed by atoms with van der Waals surface area (Å²) >= 11 is 1.98. The first-order valence-corrected chi connectivity index (χ1v) is 4.88. The number of hydrogen-bond donors (Lipinski definition) is 0. The van der Waals surface area contributed by atoms with Crippen molar-refractivity contribution in [1.29, 1.82) is 0 Å². The van der Waals surface area contributed by atoms with Crippen LogP contribution in [0.2, 0.25) is 0 Å². The topological polar surface area (TPSA) is 29.5 Å². The van der Waals surface area contributed by atoms with Crippen LogP contribution in [-0.4, -0.2) is 49.1 Å². The van der Waals surface area contributed by atoms with Gasteiger partial charge in [-0.2, -0.15) is 11.8 Å². The summed E-state index contributed by atoms with van der Waals surface area (Å²) in [5.41, 5.74) is 0. The largest absolute Gasteiger partial charge is 0.456 e. The maximum absolute atomic E-state index is 9.68. The summed E-state index contributed by atoms with van der Waals surface area (Å²) in [6, 6.07) is 0. The van der Waals surface area contributed by atoms with Gasteiger partial charge in [0.15, 0.2) is 0 Å². The van der Waals surface area contributed by atoms with Gasteiger partial charge in [-0.25, -0.2) is 4.79 Å². The summed E-state index contributed by atoms with van der Waals surface area (Å²) < 4.78 is 4.48. The first-order chi connectivity index (χ1) is 5.43. The third kappa shape index (κ3) is 3.62. The highest BCUT2D eigenvalue weighted by molar-refractivity contribution is 7.99. The van der Waals surface area contributed by atoms with Gasteiger partial charge in [0.05, 0.1) is 0 Å². The summed E-state index contributed by atoms with van der Waals surface area (Å²) in [5.74, 6) is 2.40. The van der Waals surface area contributed by atoms with Crippen molar-refractivity contribution < 1.29 is 9.53 Å². The molecule has 0 N–H and O–H groups in total. The van der Waals surface area contributed by atoms with Crippen LogP contribution in [0.25, 0.3) is 0 Å². The number of hydrogen-bond acceptors (Lipinski definition) is 4. The maximum atomic E-state index is 9.68. The second-order valence-electron chi connectivity index (χ2n) is 2.39. The van der Waals surface area contributed by atoms with Gasteiger partial charge in [-0.15, -0.1) is 0 Å². The van der Waals surface area contributed by atoms with E-state index < -0.39 is 0 Å². The van der Waals surface area contributed by atoms with E-state index in [4.69, 9.17) is 0 Å². The van der Waals surface area contributed by atoms with E-state index in [2.05, 4.69) is 9.64 Å².